The van der Waals surface area contributed by atoms with Crippen LogP contribution in [0.25, 0.3) is 11.1 Å². The van der Waals surface area contributed by atoms with Crippen LogP contribution in [-0.4, -0.2) is 23.2 Å². The van der Waals surface area contributed by atoms with Crippen LogP contribution in [0.1, 0.15) is 16.1 Å². The van der Waals surface area contributed by atoms with E-state index in [0.29, 0.717) is 5.56 Å². The first-order valence-electron chi connectivity index (χ1n) is 5.47. The van der Waals surface area contributed by atoms with Gasteiger partial charge in [-0.15, -0.1) is 0 Å². The molecule has 2 rings (SSSR count). The molecule has 0 atom stereocenters. The number of carboxylic acids is 1. The van der Waals surface area contributed by atoms with Crippen molar-refractivity contribution in [2.24, 2.45) is 0 Å². The first kappa shape index (κ1) is 12.1. The van der Waals surface area contributed by atoms with E-state index in [9.17, 15) is 4.79 Å². The molecule has 0 aliphatic carbocycles. The second kappa shape index (κ2) is 4.87. The van der Waals surface area contributed by atoms with Gasteiger partial charge >= 0.3 is 5.97 Å². The molecule has 4 nitrogen and oxygen atoms in total. The van der Waals surface area contributed by atoms with Crippen molar-refractivity contribution in [2.75, 3.05) is 7.11 Å². The molecule has 0 spiro atoms. The van der Waals surface area contributed by atoms with Gasteiger partial charge in [-0.25, -0.2) is 9.78 Å². The molecule has 4 heteroatoms. The van der Waals surface area contributed by atoms with E-state index in [1.807, 2.05) is 24.3 Å². The topological polar surface area (TPSA) is 59.4 Å². The van der Waals surface area contributed by atoms with Gasteiger partial charge in [0.15, 0.2) is 5.69 Å². The molecule has 0 aliphatic rings. The highest BCUT2D eigenvalue weighted by atomic mass is 16.5. The Morgan fingerprint density at radius 3 is 2.67 bits per heavy atom. The molecule has 92 valence electrons. The van der Waals surface area contributed by atoms with E-state index in [4.69, 9.17) is 9.84 Å². The summed E-state index contributed by atoms with van der Waals surface area (Å²) in [7, 11) is 1.60. The van der Waals surface area contributed by atoms with Crippen LogP contribution in [-0.2, 0) is 0 Å². The third-order valence-electron chi connectivity index (χ3n) is 2.70. The van der Waals surface area contributed by atoms with E-state index in [-0.39, 0.29) is 5.69 Å². The fraction of sp³-hybridized carbons (Fsp3) is 0.143. The number of ether oxygens (including phenoxy) is 1. The predicted octanol–water partition coefficient (Wildman–Crippen LogP) is 2.76. The standard InChI is InChI=1S/C14H13NO3/c1-9-7-10(8-15-13(9)14(16)17)11-5-3-4-6-12(11)18-2/h3-8H,1-2H3,(H,16,17). The highest BCUT2D eigenvalue weighted by molar-refractivity contribution is 5.87. The van der Waals surface area contributed by atoms with Crippen LogP contribution in [0.4, 0.5) is 0 Å². The maximum absolute atomic E-state index is 10.9. The zero-order valence-electron chi connectivity index (χ0n) is 10.2. The lowest BCUT2D eigenvalue weighted by Crippen LogP contribution is -2.03. The molecule has 0 saturated heterocycles. The van der Waals surface area contributed by atoms with Crippen LogP contribution in [0, 0.1) is 6.92 Å². The largest absolute Gasteiger partial charge is 0.496 e. The second-order valence-electron chi connectivity index (χ2n) is 3.89. The van der Waals surface area contributed by atoms with Crippen LogP contribution >= 0.6 is 0 Å². The van der Waals surface area contributed by atoms with Gasteiger partial charge < -0.3 is 9.84 Å². The molecule has 1 N–H and O–H groups in total. The van der Waals surface area contributed by atoms with Gasteiger partial charge in [0.2, 0.25) is 0 Å². The van der Waals surface area contributed by atoms with E-state index in [2.05, 4.69) is 4.98 Å². The molecule has 0 aliphatic heterocycles. The number of para-hydroxylation sites is 1. The van der Waals surface area contributed by atoms with Crippen LogP contribution < -0.4 is 4.74 Å². The summed E-state index contributed by atoms with van der Waals surface area (Å²) < 4.78 is 5.27. The lowest BCUT2D eigenvalue weighted by atomic mass is 10.0. The summed E-state index contributed by atoms with van der Waals surface area (Å²) in [4.78, 5) is 14.9. The molecule has 1 aromatic heterocycles. The number of methoxy groups -OCH3 is 1. The summed E-state index contributed by atoms with van der Waals surface area (Å²) >= 11 is 0. The number of hydrogen-bond donors (Lipinski definition) is 1. The summed E-state index contributed by atoms with van der Waals surface area (Å²) in [5.74, 6) is -0.277. The van der Waals surface area contributed by atoms with Gasteiger partial charge in [0.1, 0.15) is 5.75 Å². The molecule has 0 fully saturated rings. The molecule has 1 heterocycles. The lowest BCUT2D eigenvalue weighted by molar-refractivity contribution is 0.0689. The Hall–Kier alpha value is -2.36. The lowest BCUT2D eigenvalue weighted by Gasteiger charge is -2.09. The Bertz CT molecular complexity index is 593. The summed E-state index contributed by atoms with van der Waals surface area (Å²) in [5.41, 5.74) is 2.45. The minimum Gasteiger partial charge on any atom is -0.496 e. The molecule has 0 saturated carbocycles. The number of carbonyl (C=O) groups is 1. The quantitative estimate of drug-likeness (QED) is 0.900. The molecule has 0 amide bonds. The predicted molar refractivity (Wildman–Crippen MR) is 67.9 cm³/mol. The van der Waals surface area contributed by atoms with Crippen LogP contribution in [0.3, 0.4) is 0 Å². The first-order valence-corrected chi connectivity index (χ1v) is 5.47. The number of aromatic carboxylic acids is 1. The monoisotopic (exact) mass is 243 g/mol. The van der Waals surface area contributed by atoms with Gasteiger partial charge in [-0.2, -0.15) is 0 Å². The third-order valence-corrected chi connectivity index (χ3v) is 2.70. The molecule has 1 aromatic carbocycles. The molecule has 0 radical (unpaired) electrons. The van der Waals surface area contributed by atoms with Crippen molar-refractivity contribution in [2.45, 2.75) is 6.92 Å². The van der Waals surface area contributed by atoms with E-state index in [1.54, 1.807) is 26.3 Å². The van der Waals surface area contributed by atoms with Gasteiger partial charge in [-0.3, -0.25) is 0 Å². The number of nitrogens with zero attached hydrogens (tertiary/aromatic N) is 1. The highest BCUT2D eigenvalue weighted by Crippen LogP contribution is 2.29. The van der Waals surface area contributed by atoms with E-state index in [1.165, 1.54) is 0 Å². The molecule has 0 bridgehead atoms. The summed E-state index contributed by atoms with van der Waals surface area (Å²) in [5, 5.41) is 8.94. The fourth-order valence-electron chi connectivity index (χ4n) is 1.83. The van der Waals surface area contributed by atoms with Crippen molar-refractivity contribution in [1.82, 2.24) is 4.98 Å². The van der Waals surface area contributed by atoms with Crippen LogP contribution in [0.15, 0.2) is 36.5 Å². The van der Waals surface area contributed by atoms with Crippen LogP contribution in [0.5, 0.6) is 5.75 Å². The molecule has 18 heavy (non-hydrogen) atoms. The van der Waals surface area contributed by atoms with Crippen molar-refractivity contribution in [3.63, 3.8) is 0 Å². The van der Waals surface area contributed by atoms with E-state index >= 15 is 0 Å². The smallest absolute Gasteiger partial charge is 0.354 e. The van der Waals surface area contributed by atoms with Gasteiger partial charge in [-0.1, -0.05) is 18.2 Å². The minimum absolute atomic E-state index is 0.0775. The Labute approximate surface area is 105 Å². The maximum atomic E-state index is 10.9. The Kier molecular flexibility index (Phi) is 3.28. The van der Waals surface area contributed by atoms with E-state index in [0.717, 1.165) is 16.9 Å². The minimum atomic E-state index is -1.01. The van der Waals surface area contributed by atoms with Gasteiger partial charge in [0.25, 0.3) is 0 Å². The average molecular weight is 243 g/mol. The molecule has 2 aromatic rings. The molecule has 0 unspecified atom stereocenters. The number of aryl methyl sites for hydroxylation is 1. The zero-order valence-corrected chi connectivity index (χ0v) is 10.2. The summed E-state index contributed by atoms with van der Waals surface area (Å²) in [6.07, 6.45) is 1.55. The van der Waals surface area contributed by atoms with Gasteiger partial charge in [-0.05, 0) is 24.6 Å². The Balaban J connectivity index is 2.52. The molecular weight excluding hydrogens is 230 g/mol. The van der Waals surface area contributed by atoms with Crippen molar-refractivity contribution < 1.29 is 14.6 Å². The number of hydrogen-bond acceptors (Lipinski definition) is 3. The SMILES string of the molecule is COc1ccccc1-c1cnc(C(=O)O)c(C)c1. The normalized spacial score (nSPS) is 10.1. The van der Waals surface area contributed by atoms with E-state index < -0.39 is 5.97 Å². The fourth-order valence-corrected chi connectivity index (χ4v) is 1.83. The number of rotatable bonds is 3. The number of pyridine rings is 1. The first-order chi connectivity index (χ1) is 8.63. The van der Waals surface area contributed by atoms with Crippen LogP contribution in [0.2, 0.25) is 0 Å². The summed E-state index contributed by atoms with van der Waals surface area (Å²) in [6, 6.07) is 9.35. The number of benzene rings is 1. The van der Waals surface area contributed by atoms with Crippen molar-refractivity contribution >= 4 is 5.97 Å². The third kappa shape index (κ3) is 2.18. The summed E-state index contributed by atoms with van der Waals surface area (Å²) in [6.45, 7) is 1.73. The van der Waals surface area contributed by atoms with Crippen molar-refractivity contribution in [3.8, 4) is 16.9 Å². The van der Waals surface area contributed by atoms with Gasteiger partial charge in [0.05, 0.1) is 7.11 Å². The molecular formula is C14H13NO3. The average Bonchev–Trinajstić information content (AvgIpc) is 2.38. The number of carboxylic acid groups (broad SMARTS) is 1. The Morgan fingerprint density at radius 1 is 1.33 bits per heavy atom. The highest BCUT2D eigenvalue weighted by Gasteiger charge is 2.11. The van der Waals surface area contributed by atoms with Gasteiger partial charge in [0, 0.05) is 17.3 Å². The Morgan fingerprint density at radius 2 is 2.06 bits per heavy atom. The number of aromatic nitrogens is 1. The maximum Gasteiger partial charge on any atom is 0.354 e. The van der Waals surface area contributed by atoms with Crippen molar-refractivity contribution in [3.05, 3.63) is 47.8 Å². The zero-order chi connectivity index (χ0) is 13.1. The second-order valence-corrected chi connectivity index (χ2v) is 3.89. The van der Waals surface area contributed by atoms with Crippen molar-refractivity contribution in [1.29, 1.82) is 0 Å².